The Morgan fingerprint density at radius 3 is 1.84 bits per heavy atom. The van der Waals surface area contributed by atoms with Crippen LogP contribution in [-0.2, 0) is 19.0 Å². The summed E-state index contributed by atoms with van der Waals surface area (Å²) in [7, 11) is 0. The molecule has 3 aromatic carbocycles. The van der Waals surface area contributed by atoms with Crippen LogP contribution >= 0.6 is 11.8 Å². The van der Waals surface area contributed by atoms with Crippen molar-refractivity contribution in [3.05, 3.63) is 133 Å². The predicted octanol–water partition coefficient (Wildman–Crippen LogP) is 6.20. The summed E-state index contributed by atoms with van der Waals surface area (Å²) in [5.74, 6) is -0.390. The van der Waals surface area contributed by atoms with Crippen molar-refractivity contribution in [3.8, 4) is 0 Å². The number of rotatable bonds is 12. The highest BCUT2D eigenvalue weighted by molar-refractivity contribution is 8.01. The molecule has 1 heterocycles. The van der Waals surface area contributed by atoms with Crippen LogP contribution in [0.25, 0.3) is 0 Å². The smallest absolute Gasteiger partial charge is 0.426 e. The van der Waals surface area contributed by atoms with Crippen molar-refractivity contribution in [2.45, 2.75) is 35.3 Å². The first-order valence-corrected chi connectivity index (χ1v) is 15.1. The fourth-order valence-corrected chi connectivity index (χ4v) is 7.16. The third kappa shape index (κ3) is 8.08. The van der Waals surface area contributed by atoms with E-state index in [1.807, 2.05) is 66.4 Å². The number of thioether (sulfide) groups is 1. The van der Waals surface area contributed by atoms with Gasteiger partial charge in [-0.3, -0.25) is 10.2 Å². The lowest BCUT2D eigenvalue weighted by molar-refractivity contribution is -0.122. The van der Waals surface area contributed by atoms with E-state index >= 15 is 0 Å². The van der Waals surface area contributed by atoms with Gasteiger partial charge in [-0.25, -0.2) is 15.0 Å². The Morgan fingerprint density at radius 2 is 1.33 bits per heavy atom. The molecule has 43 heavy (non-hydrogen) atoms. The fraction of sp³-hybridized carbons (Fsp3) is 0.265. The van der Waals surface area contributed by atoms with Crippen LogP contribution in [0.3, 0.4) is 0 Å². The molecule has 0 aromatic heterocycles. The summed E-state index contributed by atoms with van der Waals surface area (Å²) in [5.41, 5.74) is 7.98. The number of hydrogen-bond donors (Lipinski definition) is 2. The minimum Gasteiger partial charge on any atom is -0.445 e. The van der Waals surface area contributed by atoms with E-state index in [0.717, 1.165) is 16.7 Å². The maximum absolute atomic E-state index is 13.2. The molecule has 8 nitrogen and oxygen atoms in total. The summed E-state index contributed by atoms with van der Waals surface area (Å²) in [4.78, 5) is 39.1. The molecule has 0 aliphatic carbocycles. The van der Waals surface area contributed by atoms with Crippen LogP contribution in [0.5, 0.6) is 0 Å². The zero-order valence-electron chi connectivity index (χ0n) is 24.0. The molecule has 1 fully saturated rings. The molecule has 1 aliphatic rings. The first-order chi connectivity index (χ1) is 21.0. The standard InChI is InChI=1S/C34H37N3O5S/c1-3-22-41-32(39)36-35-31(38)21-20-29-24-30(25-37(29)33(40)42-23-4-2)43-34(26-14-8-5-9-15-26,27-16-10-6-11-17-27)28-18-12-7-13-19-28/h3-19,29-30H,1-2,20-25H2,(H,35,38)(H,36,39)/t29-,30-/m0/s1. The van der Waals surface area contributed by atoms with E-state index in [1.165, 1.54) is 12.2 Å². The van der Waals surface area contributed by atoms with Crippen molar-refractivity contribution in [2.75, 3.05) is 19.8 Å². The molecule has 1 aliphatic heterocycles. The second-order valence-electron chi connectivity index (χ2n) is 10.0. The number of carbonyl (C=O) groups is 3. The topological polar surface area (TPSA) is 97.0 Å². The summed E-state index contributed by atoms with van der Waals surface area (Å²) in [6.07, 6.45) is 2.89. The summed E-state index contributed by atoms with van der Waals surface area (Å²) in [5, 5.41) is 0.0250. The molecule has 9 heteroatoms. The summed E-state index contributed by atoms with van der Waals surface area (Å²) in [6, 6.07) is 31.0. The maximum Gasteiger partial charge on any atom is 0.426 e. The Labute approximate surface area is 257 Å². The maximum atomic E-state index is 13.2. The average molecular weight is 600 g/mol. The van der Waals surface area contributed by atoms with Crippen molar-refractivity contribution in [1.82, 2.24) is 15.8 Å². The number of carbonyl (C=O) groups excluding carboxylic acids is 3. The van der Waals surface area contributed by atoms with Gasteiger partial charge in [-0.2, -0.15) is 0 Å². The van der Waals surface area contributed by atoms with Crippen LogP contribution in [0, 0.1) is 0 Å². The van der Waals surface area contributed by atoms with Crippen LogP contribution in [0.1, 0.15) is 36.0 Å². The molecule has 3 amide bonds. The van der Waals surface area contributed by atoms with E-state index in [0.29, 0.717) is 19.4 Å². The highest BCUT2D eigenvalue weighted by atomic mass is 32.2. The third-order valence-corrected chi connectivity index (χ3v) is 8.90. The van der Waals surface area contributed by atoms with Crippen molar-refractivity contribution in [2.24, 2.45) is 0 Å². The molecule has 0 bridgehead atoms. The Bertz CT molecular complexity index is 1270. The van der Waals surface area contributed by atoms with E-state index in [1.54, 1.807) is 4.90 Å². The quantitative estimate of drug-likeness (QED) is 0.146. The fourth-order valence-electron chi connectivity index (χ4n) is 5.29. The number of benzene rings is 3. The monoisotopic (exact) mass is 599 g/mol. The van der Waals surface area contributed by atoms with Gasteiger partial charge in [-0.1, -0.05) is 116 Å². The summed E-state index contributed by atoms with van der Waals surface area (Å²) < 4.78 is 9.70. The largest absolute Gasteiger partial charge is 0.445 e. The second kappa shape index (κ2) is 15.7. The predicted molar refractivity (Wildman–Crippen MR) is 169 cm³/mol. The number of ether oxygens (including phenoxy) is 2. The molecular formula is C34H37N3O5S. The number of nitrogens with zero attached hydrogens (tertiary/aromatic N) is 1. The minimum absolute atomic E-state index is 0.0250. The first kappa shape index (κ1) is 31.4. The van der Waals surface area contributed by atoms with Gasteiger partial charge in [0.15, 0.2) is 0 Å². The highest BCUT2D eigenvalue weighted by Gasteiger charge is 2.44. The van der Waals surface area contributed by atoms with Gasteiger partial charge in [0.2, 0.25) is 5.91 Å². The lowest BCUT2D eigenvalue weighted by Gasteiger charge is -2.37. The van der Waals surface area contributed by atoms with Crippen molar-refractivity contribution < 1.29 is 23.9 Å². The van der Waals surface area contributed by atoms with Crippen LogP contribution in [0.2, 0.25) is 0 Å². The van der Waals surface area contributed by atoms with E-state index < -0.39 is 22.8 Å². The van der Waals surface area contributed by atoms with Gasteiger partial charge in [0.1, 0.15) is 13.2 Å². The van der Waals surface area contributed by atoms with Crippen LogP contribution in [0.15, 0.2) is 116 Å². The van der Waals surface area contributed by atoms with Crippen LogP contribution in [-0.4, -0.2) is 54.0 Å². The van der Waals surface area contributed by atoms with Gasteiger partial charge in [-0.15, -0.1) is 11.8 Å². The molecule has 3 aromatic rings. The van der Waals surface area contributed by atoms with Gasteiger partial charge in [-0.05, 0) is 29.5 Å². The van der Waals surface area contributed by atoms with Gasteiger partial charge >= 0.3 is 12.2 Å². The van der Waals surface area contributed by atoms with Crippen molar-refractivity contribution in [3.63, 3.8) is 0 Å². The molecule has 224 valence electrons. The Hall–Kier alpha value is -4.50. The van der Waals surface area contributed by atoms with Gasteiger partial charge < -0.3 is 14.4 Å². The summed E-state index contributed by atoms with van der Waals surface area (Å²) in [6.45, 7) is 7.71. The van der Waals surface area contributed by atoms with E-state index in [2.05, 4.69) is 60.4 Å². The van der Waals surface area contributed by atoms with Crippen molar-refractivity contribution >= 4 is 29.9 Å². The Morgan fingerprint density at radius 1 is 0.814 bits per heavy atom. The minimum atomic E-state index is -0.778. The Balaban J connectivity index is 1.59. The normalized spacial score (nSPS) is 16.1. The van der Waals surface area contributed by atoms with Gasteiger partial charge in [0.25, 0.3) is 0 Å². The molecule has 2 N–H and O–H groups in total. The zero-order valence-corrected chi connectivity index (χ0v) is 24.8. The SMILES string of the molecule is C=CCOC(=O)NNC(=O)CC[C@H]1C[C@H](SC(c2ccccc2)(c2ccccc2)c2ccccc2)CN1C(=O)OCC=C. The van der Waals surface area contributed by atoms with Crippen molar-refractivity contribution in [1.29, 1.82) is 0 Å². The van der Waals surface area contributed by atoms with Gasteiger partial charge in [0.05, 0.1) is 4.75 Å². The molecule has 1 saturated heterocycles. The van der Waals surface area contributed by atoms with Gasteiger partial charge in [0, 0.05) is 24.3 Å². The number of amides is 3. The zero-order chi connectivity index (χ0) is 30.5. The second-order valence-corrected chi connectivity index (χ2v) is 11.5. The molecule has 0 radical (unpaired) electrons. The lowest BCUT2D eigenvalue weighted by atomic mass is 9.84. The van der Waals surface area contributed by atoms with Crippen LogP contribution in [0.4, 0.5) is 9.59 Å². The average Bonchev–Trinajstić information content (AvgIpc) is 3.47. The third-order valence-electron chi connectivity index (χ3n) is 7.16. The lowest BCUT2D eigenvalue weighted by Crippen LogP contribution is -2.43. The molecule has 0 saturated carbocycles. The Kier molecular flexibility index (Phi) is 11.4. The van der Waals surface area contributed by atoms with E-state index in [4.69, 9.17) is 9.47 Å². The molecule has 4 rings (SSSR count). The molecule has 0 unspecified atom stereocenters. The molecule has 2 atom stereocenters. The number of likely N-dealkylation sites (tertiary alicyclic amines) is 1. The van der Waals surface area contributed by atoms with E-state index in [9.17, 15) is 14.4 Å². The first-order valence-electron chi connectivity index (χ1n) is 14.2. The molecule has 0 spiro atoms. The van der Waals surface area contributed by atoms with E-state index in [-0.39, 0.29) is 30.9 Å². The molecular weight excluding hydrogens is 562 g/mol. The number of nitrogens with one attached hydrogen (secondary N) is 2. The van der Waals surface area contributed by atoms with Crippen LogP contribution < -0.4 is 10.9 Å². The highest BCUT2D eigenvalue weighted by Crippen LogP contribution is 2.52. The number of hydrazine groups is 1. The number of hydrogen-bond acceptors (Lipinski definition) is 6. The summed E-state index contributed by atoms with van der Waals surface area (Å²) >= 11 is 1.81.